The Bertz CT molecular complexity index is 1540. The molecule has 1 aliphatic rings. The van der Waals surface area contributed by atoms with Gasteiger partial charge in [-0.25, -0.2) is 14.4 Å². The Morgan fingerprint density at radius 1 is 0.810 bits per heavy atom. The minimum atomic E-state index is -1.14. The third kappa shape index (κ3) is 6.21. The van der Waals surface area contributed by atoms with Crippen LogP contribution in [0.5, 0.6) is 0 Å². The number of benzene rings is 3. The van der Waals surface area contributed by atoms with Gasteiger partial charge in [-0.1, -0.05) is 54.6 Å². The molecule has 2 N–H and O–H groups in total. The number of nitrogens with one attached hydrogen (secondary N) is 2. The average Bonchev–Trinajstić information content (AvgIpc) is 3.65. The van der Waals surface area contributed by atoms with Crippen LogP contribution in [0.4, 0.5) is 0 Å². The second-order valence-electron chi connectivity index (χ2n) is 9.35. The Hall–Kier alpha value is -5.29. The molecule has 214 valence electrons. The number of methoxy groups -OCH3 is 1. The number of esters is 3. The van der Waals surface area contributed by atoms with Crippen molar-refractivity contribution >= 4 is 23.8 Å². The van der Waals surface area contributed by atoms with Gasteiger partial charge in [0.15, 0.2) is 6.10 Å². The fraction of sp³-hybridized carbons (Fsp3) is 0.194. The highest BCUT2D eigenvalue weighted by atomic mass is 16.6. The summed E-state index contributed by atoms with van der Waals surface area (Å²) in [5, 5.41) is 9.46. The summed E-state index contributed by atoms with van der Waals surface area (Å²) in [6.45, 7) is -0.319. The molecule has 3 aromatic carbocycles. The molecule has 1 fully saturated rings. The summed E-state index contributed by atoms with van der Waals surface area (Å²) in [6.07, 6.45) is -1.84. The first-order valence-electron chi connectivity index (χ1n) is 13.1. The van der Waals surface area contributed by atoms with Gasteiger partial charge >= 0.3 is 17.9 Å². The zero-order valence-corrected chi connectivity index (χ0v) is 22.5. The highest BCUT2D eigenvalue weighted by Gasteiger charge is 2.50. The Balaban J connectivity index is 1.50. The lowest BCUT2D eigenvalue weighted by Crippen LogP contribution is -2.48. The van der Waals surface area contributed by atoms with Crippen molar-refractivity contribution in [2.45, 2.75) is 24.4 Å². The van der Waals surface area contributed by atoms with Crippen molar-refractivity contribution in [1.29, 1.82) is 0 Å². The summed E-state index contributed by atoms with van der Waals surface area (Å²) >= 11 is 0. The Labute approximate surface area is 240 Å². The summed E-state index contributed by atoms with van der Waals surface area (Å²) in [5.41, 5.74) is 1.20. The standard InChI is InChI=1S/C31H27N3O8/c1-39-31(38)24-22(17-32-34-24)26-25(33-28(35)19-11-5-2-6-12-19)27(42-30(37)21-15-9-4-10-16-21)23(41-26)18-40-29(36)20-13-7-3-8-14-20/h2-17,23,25-27H,18H2,1H3,(H,32,34)(H,33,35)/t23-,25+,26+,27-/m1/s1. The fourth-order valence-corrected chi connectivity index (χ4v) is 4.64. The van der Waals surface area contributed by atoms with Gasteiger partial charge in [-0.05, 0) is 36.4 Å². The van der Waals surface area contributed by atoms with E-state index in [-0.39, 0.29) is 23.4 Å². The van der Waals surface area contributed by atoms with Crippen LogP contribution in [-0.2, 0) is 18.9 Å². The van der Waals surface area contributed by atoms with E-state index >= 15 is 0 Å². The number of carbonyl (C=O) groups is 4. The van der Waals surface area contributed by atoms with Crippen LogP contribution in [0.1, 0.15) is 53.2 Å². The molecule has 1 aliphatic heterocycles. The summed E-state index contributed by atoms with van der Waals surface area (Å²) in [4.78, 5) is 51.8. The number of amides is 1. The van der Waals surface area contributed by atoms with Gasteiger partial charge in [0.1, 0.15) is 24.5 Å². The zero-order chi connectivity index (χ0) is 29.5. The van der Waals surface area contributed by atoms with E-state index in [1.807, 2.05) is 0 Å². The van der Waals surface area contributed by atoms with E-state index < -0.39 is 48.2 Å². The Kier molecular flexibility index (Phi) is 8.69. The van der Waals surface area contributed by atoms with Crippen LogP contribution >= 0.6 is 0 Å². The van der Waals surface area contributed by atoms with Gasteiger partial charge in [0.2, 0.25) is 0 Å². The summed E-state index contributed by atoms with van der Waals surface area (Å²) in [5.74, 6) is -2.47. The molecular formula is C31H27N3O8. The maximum Gasteiger partial charge on any atom is 0.356 e. The smallest absolute Gasteiger partial charge is 0.356 e. The zero-order valence-electron chi connectivity index (χ0n) is 22.5. The van der Waals surface area contributed by atoms with Gasteiger partial charge in [0.25, 0.3) is 5.91 Å². The second-order valence-corrected chi connectivity index (χ2v) is 9.35. The molecule has 1 saturated heterocycles. The van der Waals surface area contributed by atoms with Crippen molar-refractivity contribution in [1.82, 2.24) is 15.5 Å². The number of nitrogens with zero attached hydrogens (tertiary/aromatic N) is 1. The minimum absolute atomic E-state index is 0.00322. The Morgan fingerprint density at radius 3 is 1.98 bits per heavy atom. The van der Waals surface area contributed by atoms with Crippen LogP contribution < -0.4 is 5.32 Å². The molecule has 2 heterocycles. The molecule has 4 aromatic rings. The first-order chi connectivity index (χ1) is 20.5. The number of rotatable bonds is 9. The van der Waals surface area contributed by atoms with Gasteiger partial charge in [-0.3, -0.25) is 9.89 Å². The lowest BCUT2D eigenvalue weighted by Gasteiger charge is -2.25. The van der Waals surface area contributed by atoms with E-state index in [0.717, 1.165) is 0 Å². The van der Waals surface area contributed by atoms with Crippen LogP contribution in [-0.4, -0.2) is 66.0 Å². The molecule has 0 bridgehead atoms. The van der Waals surface area contributed by atoms with Crippen LogP contribution in [0.25, 0.3) is 0 Å². The lowest BCUT2D eigenvalue weighted by atomic mass is 9.98. The predicted octanol–water partition coefficient (Wildman–Crippen LogP) is 3.52. The van der Waals surface area contributed by atoms with Crippen molar-refractivity contribution in [2.24, 2.45) is 0 Å². The minimum Gasteiger partial charge on any atom is -0.464 e. The van der Waals surface area contributed by atoms with E-state index in [1.54, 1.807) is 91.0 Å². The van der Waals surface area contributed by atoms with Crippen molar-refractivity contribution in [3.63, 3.8) is 0 Å². The molecule has 0 saturated carbocycles. The molecule has 4 atom stereocenters. The summed E-state index contributed by atoms with van der Waals surface area (Å²) in [6, 6.07) is 24.1. The van der Waals surface area contributed by atoms with E-state index in [0.29, 0.717) is 11.1 Å². The lowest BCUT2D eigenvalue weighted by molar-refractivity contribution is -0.0429. The maximum atomic E-state index is 13.3. The molecule has 1 aromatic heterocycles. The molecule has 0 aliphatic carbocycles. The molecule has 0 spiro atoms. The van der Waals surface area contributed by atoms with E-state index in [9.17, 15) is 19.2 Å². The topological polar surface area (TPSA) is 146 Å². The highest BCUT2D eigenvalue weighted by molar-refractivity contribution is 5.95. The van der Waals surface area contributed by atoms with Crippen LogP contribution in [0.3, 0.4) is 0 Å². The number of H-pyrrole nitrogens is 1. The second kappa shape index (κ2) is 12.9. The third-order valence-electron chi connectivity index (χ3n) is 6.71. The number of ether oxygens (including phenoxy) is 4. The highest BCUT2D eigenvalue weighted by Crippen LogP contribution is 2.37. The van der Waals surface area contributed by atoms with Gasteiger partial charge in [-0.2, -0.15) is 5.10 Å². The summed E-state index contributed by atoms with van der Waals surface area (Å²) in [7, 11) is 1.22. The molecule has 5 rings (SSSR count). The van der Waals surface area contributed by atoms with E-state index in [2.05, 4.69) is 15.5 Å². The maximum absolute atomic E-state index is 13.3. The van der Waals surface area contributed by atoms with Gasteiger partial charge in [-0.15, -0.1) is 0 Å². The molecule has 11 nitrogen and oxygen atoms in total. The van der Waals surface area contributed by atoms with Crippen molar-refractivity contribution in [3.05, 3.63) is 125 Å². The van der Waals surface area contributed by atoms with Gasteiger partial charge in [0, 0.05) is 11.1 Å². The number of hydrogen-bond donors (Lipinski definition) is 2. The van der Waals surface area contributed by atoms with Crippen molar-refractivity contribution < 1.29 is 38.1 Å². The van der Waals surface area contributed by atoms with Crippen LogP contribution in [0.2, 0.25) is 0 Å². The fourth-order valence-electron chi connectivity index (χ4n) is 4.64. The first kappa shape index (κ1) is 28.2. The molecule has 42 heavy (non-hydrogen) atoms. The molecule has 0 radical (unpaired) electrons. The third-order valence-corrected chi connectivity index (χ3v) is 6.71. The van der Waals surface area contributed by atoms with E-state index in [4.69, 9.17) is 18.9 Å². The van der Waals surface area contributed by atoms with Gasteiger partial charge in [0.05, 0.1) is 30.5 Å². The first-order valence-corrected chi connectivity index (χ1v) is 13.1. The number of carbonyl (C=O) groups excluding carboxylic acids is 4. The molecule has 0 unspecified atom stereocenters. The van der Waals surface area contributed by atoms with Crippen LogP contribution in [0, 0.1) is 0 Å². The molecular weight excluding hydrogens is 542 g/mol. The predicted molar refractivity (Wildman–Crippen MR) is 148 cm³/mol. The average molecular weight is 570 g/mol. The number of aromatic amines is 1. The monoisotopic (exact) mass is 569 g/mol. The van der Waals surface area contributed by atoms with Crippen LogP contribution in [0.15, 0.2) is 97.2 Å². The number of hydrogen-bond acceptors (Lipinski definition) is 9. The van der Waals surface area contributed by atoms with Crippen molar-refractivity contribution in [2.75, 3.05) is 13.7 Å². The SMILES string of the molecule is COC(=O)c1[nH]ncc1[C@@H]1O[C@H](COC(=O)c2ccccc2)[C@@H](OC(=O)c2ccccc2)[C@H]1NC(=O)c1ccccc1. The largest absolute Gasteiger partial charge is 0.464 e. The molecule has 1 amide bonds. The summed E-state index contributed by atoms with van der Waals surface area (Å²) < 4.78 is 22.7. The van der Waals surface area contributed by atoms with E-state index in [1.165, 1.54) is 13.3 Å². The van der Waals surface area contributed by atoms with Crippen molar-refractivity contribution in [3.8, 4) is 0 Å². The molecule has 11 heteroatoms. The quantitative estimate of drug-likeness (QED) is 0.228. The van der Waals surface area contributed by atoms with Gasteiger partial charge < -0.3 is 24.3 Å². The Morgan fingerprint density at radius 2 is 1.38 bits per heavy atom. The number of aromatic nitrogens is 2. The normalized spacial score (nSPS) is 19.5.